The summed E-state index contributed by atoms with van der Waals surface area (Å²) in [4.78, 5) is 132. The van der Waals surface area contributed by atoms with Gasteiger partial charge in [0.05, 0.1) is 32.0 Å². The molecule has 0 saturated carbocycles. The number of guanidine groups is 1. The number of rotatable bonds is 32. The maximum absolute atomic E-state index is 13.5. The standard InChI is InChI=1S/C41H67N17O16S2/c1-6-18(2)27(39(70)57-76(71,72)73-14-24-30(63)31(64)40(74-24)58-16-50-29-32(43)48-15-49-33(29)58)55-34(65)19(3)52-37(68)23(12-25(42)61)53-26(62)13-47-38(69)28(20(4)60)56-36(67)22(8-7-10-46-41(44)45)54-35(66)21(51-17-59)9-11-75-5/h15-24,27-28,30-31,40,60,63-64H,6-14H2,1-5H3,(H2,42,61)(H,47,69)(H,51,59)(H,52,68)(H,53,62)(H,54,66)(H,55,65)(H,56,67)(H,57,70)(H2,43,48,49)(H4,44,45,46)/t18-,19-,20+,21-,22-,23-,24+,27-,28-,30+,31+,40+/m0/s1. The molecule has 2 aromatic heterocycles. The van der Waals surface area contributed by atoms with Crippen LogP contribution >= 0.6 is 11.8 Å². The fourth-order valence-corrected chi connectivity index (χ4v) is 8.35. The highest BCUT2D eigenvalue weighted by molar-refractivity contribution is 7.98. The molecule has 424 valence electrons. The van der Waals surface area contributed by atoms with Gasteiger partial charge in [-0.1, -0.05) is 20.3 Å². The molecule has 19 N–H and O–H groups in total. The van der Waals surface area contributed by atoms with Crippen molar-refractivity contribution in [2.45, 2.75) is 127 Å². The minimum absolute atomic E-state index is 0.0217. The normalized spacial score (nSPS) is 19.4. The topological polar surface area (TPSA) is 523 Å². The number of aliphatic hydroxyl groups excluding tert-OH is 3. The number of imidazole rings is 1. The number of fused-ring (bicyclic) bond motifs is 1. The lowest BCUT2D eigenvalue weighted by Gasteiger charge is -2.26. The molecule has 0 spiro atoms. The van der Waals surface area contributed by atoms with Crippen LogP contribution in [0.1, 0.15) is 66.0 Å². The lowest BCUT2D eigenvalue weighted by atomic mass is 9.98. The lowest BCUT2D eigenvalue weighted by molar-refractivity contribution is -0.136. The summed E-state index contributed by atoms with van der Waals surface area (Å²) in [5.74, 6) is -8.92. The van der Waals surface area contributed by atoms with E-state index in [1.165, 1.54) is 29.6 Å². The molecule has 3 heterocycles. The second-order valence-electron chi connectivity index (χ2n) is 17.3. The molecule has 0 radical (unpaired) electrons. The molecule has 0 unspecified atom stereocenters. The molecule has 9 amide bonds. The SMILES string of the molecule is CC[C@H](C)[C@H](NC(=O)[C@H](C)NC(=O)[C@H](CC(N)=O)NC(=O)CNC(=O)[C@@H](NC(=O)[C@H](CCCN=C(N)N)NC(=O)[C@H](CCSC)NC=O)[C@@H](C)O)C(=O)NS(=O)(=O)OC[C@H]1O[C@@H](n2cnc3c(N)ncnc32)[C@H](O)[C@@H]1O. The first-order valence-corrected chi connectivity index (χ1v) is 26.2. The van der Waals surface area contributed by atoms with Crippen LogP contribution in [0.3, 0.4) is 0 Å². The van der Waals surface area contributed by atoms with E-state index < -0.39 is 150 Å². The van der Waals surface area contributed by atoms with Crippen LogP contribution < -0.4 is 64.9 Å². The highest BCUT2D eigenvalue weighted by Gasteiger charge is 2.45. The van der Waals surface area contributed by atoms with Crippen LogP contribution in [0.2, 0.25) is 0 Å². The van der Waals surface area contributed by atoms with Crippen molar-refractivity contribution in [3.05, 3.63) is 12.7 Å². The molecule has 2 aromatic rings. The summed E-state index contributed by atoms with van der Waals surface area (Å²) < 4.78 is 39.5. The molecule has 0 bridgehead atoms. The summed E-state index contributed by atoms with van der Waals surface area (Å²) in [6.45, 7) is 3.65. The highest BCUT2D eigenvalue weighted by atomic mass is 32.2. The number of hydrogen-bond donors (Lipinski definition) is 15. The zero-order valence-corrected chi connectivity index (χ0v) is 43.7. The summed E-state index contributed by atoms with van der Waals surface area (Å²) in [5, 5.41) is 48.0. The lowest BCUT2D eigenvalue weighted by Crippen LogP contribution is -2.60. The van der Waals surface area contributed by atoms with Crippen LogP contribution in [0, 0.1) is 5.92 Å². The van der Waals surface area contributed by atoms with Crippen molar-refractivity contribution < 1.29 is 75.8 Å². The summed E-state index contributed by atoms with van der Waals surface area (Å²) in [5.41, 5.74) is 22.2. The largest absolute Gasteiger partial charge is 0.391 e. The molecule has 33 nitrogen and oxygen atoms in total. The van der Waals surface area contributed by atoms with Crippen molar-refractivity contribution in [3.63, 3.8) is 0 Å². The van der Waals surface area contributed by atoms with Gasteiger partial charge in [0.15, 0.2) is 23.7 Å². The van der Waals surface area contributed by atoms with Crippen LogP contribution in [0.25, 0.3) is 11.2 Å². The van der Waals surface area contributed by atoms with Gasteiger partial charge >= 0.3 is 10.3 Å². The van der Waals surface area contributed by atoms with Gasteiger partial charge in [0.2, 0.25) is 47.8 Å². The quantitative estimate of drug-likeness (QED) is 0.0140. The van der Waals surface area contributed by atoms with Crippen LogP contribution in [0.4, 0.5) is 5.82 Å². The number of amides is 9. The first-order chi connectivity index (χ1) is 35.7. The van der Waals surface area contributed by atoms with Crippen LogP contribution in [0.15, 0.2) is 17.6 Å². The Morgan fingerprint density at radius 3 is 2.14 bits per heavy atom. The summed E-state index contributed by atoms with van der Waals surface area (Å²) in [7, 11) is -4.99. The van der Waals surface area contributed by atoms with Crippen molar-refractivity contribution in [3.8, 4) is 0 Å². The molecule has 1 fully saturated rings. The van der Waals surface area contributed by atoms with Crippen LogP contribution in [-0.4, -0.2) is 195 Å². The fourth-order valence-electron chi connectivity index (χ4n) is 7.13. The molecule has 1 aliphatic heterocycles. The maximum atomic E-state index is 13.5. The zero-order valence-electron chi connectivity index (χ0n) is 42.0. The van der Waals surface area contributed by atoms with Crippen molar-refractivity contribution in [2.75, 3.05) is 37.4 Å². The number of nitrogen functional groups attached to an aromatic ring is 1. The molecule has 3 rings (SSSR count). The number of carbonyl (C=O) groups is 9. The van der Waals surface area contributed by atoms with E-state index in [0.717, 1.165) is 20.2 Å². The zero-order chi connectivity index (χ0) is 57.0. The van der Waals surface area contributed by atoms with E-state index in [9.17, 15) is 66.9 Å². The maximum Gasteiger partial charge on any atom is 0.362 e. The van der Waals surface area contributed by atoms with Crippen molar-refractivity contribution >= 4 is 98.7 Å². The minimum Gasteiger partial charge on any atom is -0.391 e. The van der Waals surface area contributed by atoms with Crippen LogP contribution in [-0.2, 0) is 62.4 Å². The van der Waals surface area contributed by atoms with Gasteiger partial charge in [-0.2, -0.15) is 20.2 Å². The van der Waals surface area contributed by atoms with Gasteiger partial charge in [-0.05, 0) is 51.0 Å². The van der Waals surface area contributed by atoms with E-state index >= 15 is 0 Å². The Labute approximate surface area is 439 Å². The third-order valence-electron chi connectivity index (χ3n) is 11.5. The Balaban J connectivity index is 1.62. The second kappa shape index (κ2) is 29.9. The van der Waals surface area contributed by atoms with Gasteiger partial charge in [-0.3, -0.25) is 56.9 Å². The van der Waals surface area contributed by atoms with E-state index in [-0.39, 0.29) is 55.2 Å². The van der Waals surface area contributed by atoms with E-state index in [0.29, 0.717) is 12.2 Å². The molecule has 0 aliphatic carbocycles. The van der Waals surface area contributed by atoms with Gasteiger partial charge < -0.3 is 80.2 Å². The molecule has 0 aromatic carbocycles. The third-order valence-corrected chi connectivity index (χ3v) is 13.0. The number of nitrogens with zero attached hydrogens (tertiary/aromatic N) is 5. The Hall–Kier alpha value is -7.05. The Kier molecular flexibility index (Phi) is 24.9. The number of carbonyl (C=O) groups excluding carboxylic acids is 9. The summed E-state index contributed by atoms with van der Waals surface area (Å²) in [6.07, 6.45) is -3.59. The number of aromatic nitrogens is 4. The number of primary amides is 1. The van der Waals surface area contributed by atoms with Gasteiger partial charge in [0.25, 0.3) is 5.91 Å². The van der Waals surface area contributed by atoms with Gasteiger partial charge in [0.1, 0.15) is 66.4 Å². The van der Waals surface area contributed by atoms with Gasteiger partial charge in [0, 0.05) is 6.54 Å². The average Bonchev–Trinajstić information content (AvgIpc) is 3.91. The second-order valence-corrected chi connectivity index (χ2v) is 19.6. The third kappa shape index (κ3) is 19.0. The van der Waals surface area contributed by atoms with E-state index in [1.54, 1.807) is 17.9 Å². The monoisotopic (exact) mass is 1120 g/mol. The highest BCUT2D eigenvalue weighted by Crippen LogP contribution is 2.32. The molecule has 76 heavy (non-hydrogen) atoms. The number of anilines is 1. The van der Waals surface area contributed by atoms with E-state index in [2.05, 4.69) is 57.2 Å². The Bertz CT molecular complexity index is 2520. The number of aliphatic hydroxyl groups is 3. The number of hydrogen-bond acceptors (Lipinski definition) is 22. The molecule has 1 saturated heterocycles. The van der Waals surface area contributed by atoms with E-state index in [4.69, 9.17) is 31.9 Å². The Morgan fingerprint density at radius 1 is 0.868 bits per heavy atom. The molecule has 35 heteroatoms. The van der Waals surface area contributed by atoms with Crippen molar-refractivity contribution in [1.29, 1.82) is 0 Å². The summed E-state index contributed by atoms with van der Waals surface area (Å²) in [6, 6.07) is -8.95. The number of nitrogens with one attached hydrogen (secondary N) is 8. The summed E-state index contributed by atoms with van der Waals surface area (Å²) >= 11 is 1.40. The van der Waals surface area contributed by atoms with E-state index in [1.807, 2.05) is 0 Å². The van der Waals surface area contributed by atoms with Crippen molar-refractivity contribution in [2.24, 2.45) is 28.1 Å². The molecular weight excluding hydrogens is 1050 g/mol. The van der Waals surface area contributed by atoms with Gasteiger partial charge in [-0.25, -0.2) is 19.7 Å². The first kappa shape index (κ1) is 63.2. The number of ether oxygens (including phenoxy) is 1. The smallest absolute Gasteiger partial charge is 0.362 e. The molecule has 12 atom stereocenters. The Morgan fingerprint density at radius 2 is 1.53 bits per heavy atom. The fraction of sp³-hybridized carbons (Fsp3) is 0.634. The van der Waals surface area contributed by atoms with Gasteiger partial charge in [-0.15, -0.1) is 0 Å². The number of nitrogens with two attached hydrogens (primary N) is 4. The predicted octanol–water partition coefficient (Wildman–Crippen LogP) is -7.81. The van der Waals surface area contributed by atoms with Crippen molar-refractivity contribution in [1.82, 2.24) is 61.5 Å². The molecular formula is C41H67N17O16S2. The molecule has 1 aliphatic rings. The minimum atomic E-state index is -4.99. The first-order valence-electron chi connectivity index (χ1n) is 23.4. The van der Waals surface area contributed by atoms with Crippen LogP contribution in [0.5, 0.6) is 0 Å². The number of aliphatic imine (C=N–C) groups is 1. The predicted molar refractivity (Wildman–Crippen MR) is 268 cm³/mol. The average molecular weight is 1120 g/mol. The number of thioether (sulfide) groups is 1.